The van der Waals surface area contributed by atoms with Gasteiger partial charge in [-0.1, -0.05) is 29.3 Å². The van der Waals surface area contributed by atoms with E-state index < -0.39 is 0 Å². The third-order valence-corrected chi connectivity index (χ3v) is 4.89. The van der Waals surface area contributed by atoms with Crippen molar-refractivity contribution in [2.24, 2.45) is 0 Å². The van der Waals surface area contributed by atoms with Crippen molar-refractivity contribution in [1.82, 2.24) is 4.98 Å². The van der Waals surface area contributed by atoms with E-state index in [4.69, 9.17) is 28.6 Å². The zero-order chi connectivity index (χ0) is 15.0. The second kappa shape index (κ2) is 5.81. The number of amidine groups is 1. The van der Waals surface area contributed by atoms with E-state index in [1.807, 2.05) is 0 Å². The number of anilines is 1. The second-order valence-corrected chi connectivity index (χ2v) is 6.78. The first-order valence-electron chi connectivity index (χ1n) is 5.73. The van der Waals surface area contributed by atoms with Crippen molar-refractivity contribution in [2.45, 2.75) is 0 Å². The van der Waals surface area contributed by atoms with Gasteiger partial charge >= 0.3 is 0 Å². The molecule has 2 aromatic rings. The van der Waals surface area contributed by atoms with Crippen LogP contribution in [0.25, 0.3) is 6.08 Å². The predicted octanol–water partition coefficient (Wildman–Crippen LogP) is 4.51. The Labute approximate surface area is 138 Å². The molecule has 0 atom stereocenters. The van der Waals surface area contributed by atoms with Gasteiger partial charge in [0, 0.05) is 21.6 Å². The van der Waals surface area contributed by atoms with Gasteiger partial charge in [-0.05, 0) is 35.5 Å². The highest BCUT2D eigenvalue weighted by Crippen LogP contribution is 2.36. The molecule has 2 heterocycles. The van der Waals surface area contributed by atoms with Gasteiger partial charge in [0.15, 0.2) is 10.3 Å². The van der Waals surface area contributed by atoms with Crippen LogP contribution in [0.5, 0.6) is 0 Å². The van der Waals surface area contributed by atoms with Crippen LogP contribution in [0.1, 0.15) is 5.56 Å². The number of halogens is 2. The Morgan fingerprint density at radius 2 is 2.14 bits per heavy atom. The fourth-order valence-corrected chi connectivity index (χ4v) is 3.75. The van der Waals surface area contributed by atoms with E-state index in [9.17, 15) is 4.79 Å². The molecule has 0 unspecified atom stereocenters. The Morgan fingerprint density at radius 1 is 1.33 bits per heavy atom. The standard InChI is InChI=1S/C13H7Cl2N3OS2/c14-8-2-1-7(9(15)6-8)5-10-11(19)18(12(16)21-10)13-17-3-4-20-13/h1-6,16H/b10-5+,16-12?. The molecule has 8 heteroatoms. The minimum absolute atomic E-state index is 0.131. The number of carbonyl (C=O) groups is 1. The van der Waals surface area contributed by atoms with Crippen LogP contribution in [-0.2, 0) is 4.79 Å². The van der Waals surface area contributed by atoms with Crippen LogP contribution in [0.2, 0.25) is 10.0 Å². The molecule has 1 amide bonds. The minimum atomic E-state index is -0.272. The molecule has 1 N–H and O–H groups in total. The number of nitrogens with one attached hydrogen (secondary N) is 1. The zero-order valence-electron chi connectivity index (χ0n) is 10.3. The summed E-state index contributed by atoms with van der Waals surface area (Å²) >= 11 is 14.3. The van der Waals surface area contributed by atoms with Gasteiger partial charge in [0.25, 0.3) is 5.91 Å². The van der Waals surface area contributed by atoms with Gasteiger partial charge in [0.1, 0.15) is 0 Å². The molecule has 1 saturated heterocycles. The molecule has 0 saturated carbocycles. The lowest BCUT2D eigenvalue weighted by Crippen LogP contribution is -2.27. The average molecular weight is 356 g/mol. The van der Waals surface area contributed by atoms with Crippen molar-refractivity contribution in [3.05, 3.63) is 50.3 Å². The van der Waals surface area contributed by atoms with E-state index >= 15 is 0 Å². The predicted molar refractivity (Wildman–Crippen MR) is 89.4 cm³/mol. The van der Waals surface area contributed by atoms with E-state index in [0.29, 0.717) is 25.6 Å². The summed E-state index contributed by atoms with van der Waals surface area (Å²) in [7, 11) is 0. The smallest absolute Gasteiger partial charge is 0.273 e. The van der Waals surface area contributed by atoms with E-state index in [-0.39, 0.29) is 11.1 Å². The largest absolute Gasteiger partial charge is 0.278 e. The molecular formula is C13H7Cl2N3OS2. The number of carbonyl (C=O) groups excluding carboxylic acids is 1. The van der Waals surface area contributed by atoms with Crippen LogP contribution in [0, 0.1) is 5.41 Å². The lowest BCUT2D eigenvalue weighted by molar-refractivity contribution is -0.113. The Kier molecular flexibility index (Phi) is 4.03. The third-order valence-electron chi connectivity index (χ3n) is 2.68. The molecule has 1 fully saturated rings. The second-order valence-electron chi connectivity index (χ2n) is 4.04. The maximum Gasteiger partial charge on any atom is 0.273 e. The highest BCUT2D eigenvalue weighted by Gasteiger charge is 2.35. The average Bonchev–Trinajstić information content (AvgIpc) is 3.02. The van der Waals surface area contributed by atoms with Crippen LogP contribution >= 0.6 is 46.3 Å². The number of thioether (sulfide) groups is 1. The third kappa shape index (κ3) is 2.85. The van der Waals surface area contributed by atoms with Crippen LogP contribution in [0.4, 0.5) is 5.13 Å². The number of aromatic nitrogens is 1. The van der Waals surface area contributed by atoms with Crippen molar-refractivity contribution in [2.75, 3.05) is 4.90 Å². The lowest BCUT2D eigenvalue weighted by atomic mass is 10.2. The fraction of sp³-hybridized carbons (Fsp3) is 0. The summed E-state index contributed by atoms with van der Waals surface area (Å²) in [6, 6.07) is 5.05. The van der Waals surface area contributed by atoms with Crippen molar-refractivity contribution in [1.29, 1.82) is 5.41 Å². The number of hydrogen-bond donors (Lipinski definition) is 1. The monoisotopic (exact) mass is 355 g/mol. The first-order valence-corrected chi connectivity index (χ1v) is 8.18. The minimum Gasteiger partial charge on any atom is -0.278 e. The normalized spacial score (nSPS) is 17.0. The Bertz CT molecular complexity index is 759. The zero-order valence-corrected chi connectivity index (χ0v) is 13.5. The molecule has 1 aromatic carbocycles. The molecule has 4 nitrogen and oxygen atoms in total. The van der Waals surface area contributed by atoms with Crippen molar-refractivity contribution >= 4 is 68.6 Å². The Hall–Kier alpha value is -1.34. The number of rotatable bonds is 2. The van der Waals surface area contributed by atoms with Gasteiger partial charge in [-0.3, -0.25) is 10.2 Å². The summed E-state index contributed by atoms with van der Waals surface area (Å²) in [6.45, 7) is 0. The summed E-state index contributed by atoms with van der Waals surface area (Å²) in [4.78, 5) is 18.2. The molecule has 0 bridgehead atoms. The molecule has 0 spiro atoms. The molecule has 1 aliphatic rings. The summed E-state index contributed by atoms with van der Waals surface area (Å²) < 4.78 is 0. The molecule has 0 radical (unpaired) electrons. The molecular weight excluding hydrogens is 349 g/mol. The van der Waals surface area contributed by atoms with Crippen molar-refractivity contribution in [3.8, 4) is 0 Å². The SMILES string of the molecule is N=C1S/C(=C/c2ccc(Cl)cc2Cl)C(=O)N1c1nccs1. The van der Waals surface area contributed by atoms with Gasteiger partial charge in [-0.25, -0.2) is 9.88 Å². The van der Waals surface area contributed by atoms with Crippen LogP contribution in [0.3, 0.4) is 0 Å². The fourth-order valence-electron chi connectivity index (χ4n) is 1.75. The number of nitrogens with zero attached hydrogens (tertiary/aromatic N) is 2. The first kappa shape index (κ1) is 14.6. The Balaban J connectivity index is 1.95. The van der Waals surface area contributed by atoms with Gasteiger partial charge < -0.3 is 0 Å². The molecule has 3 rings (SSSR count). The van der Waals surface area contributed by atoms with Crippen LogP contribution < -0.4 is 4.90 Å². The van der Waals surface area contributed by atoms with Gasteiger partial charge in [0.2, 0.25) is 0 Å². The maximum absolute atomic E-state index is 12.4. The highest BCUT2D eigenvalue weighted by molar-refractivity contribution is 8.19. The first-order chi connectivity index (χ1) is 10.1. The topological polar surface area (TPSA) is 57.1 Å². The number of benzene rings is 1. The summed E-state index contributed by atoms with van der Waals surface area (Å²) in [6.07, 6.45) is 3.26. The van der Waals surface area contributed by atoms with E-state index in [1.165, 1.54) is 16.2 Å². The van der Waals surface area contributed by atoms with E-state index in [0.717, 1.165) is 11.8 Å². The van der Waals surface area contributed by atoms with Gasteiger partial charge in [-0.15, -0.1) is 11.3 Å². The van der Waals surface area contributed by atoms with E-state index in [1.54, 1.807) is 35.9 Å². The number of thiazole rings is 1. The van der Waals surface area contributed by atoms with Crippen molar-refractivity contribution in [3.63, 3.8) is 0 Å². The number of hydrogen-bond acceptors (Lipinski definition) is 5. The summed E-state index contributed by atoms with van der Waals surface area (Å²) in [5.41, 5.74) is 0.686. The quantitative estimate of drug-likeness (QED) is 0.806. The summed E-state index contributed by atoms with van der Waals surface area (Å²) in [5.74, 6) is -0.272. The highest BCUT2D eigenvalue weighted by atomic mass is 35.5. The van der Waals surface area contributed by atoms with Crippen LogP contribution in [0.15, 0.2) is 34.7 Å². The molecule has 106 valence electrons. The number of amides is 1. The summed E-state index contributed by atoms with van der Waals surface area (Å²) in [5, 5.41) is 11.3. The molecule has 1 aromatic heterocycles. The maximum atomic E-state index is 12.4. The van der Waals surface area contributed by atoms with Crippen molar-refractivity contribution < 1.29 is 4.79 Å². The molecule has 1 aliphatic heterocycles. The van der Waals surface area contributed by atoms with E-state index in [2.05, 4.69) is 4.98 Å². The van der Waals surface area contributed by atoms with Gasteiger partial charge in [0.05, 0.1) is 4.91 Å². The lowest BCUT2D eigenvalue weighted by Gasteiger charge is -2.09. The Morgan fingerprint density at radius 3 is 2.81 bits per heavy atom. The van der Waals surface area contributed by atoms with Crippen LogP contribution in [-0.4, -0.2) is 16.1 Å². The molecule has 21 heavy (non-hydrogen) atoms. The van der Waals surface area contributed by atoms with Gasteiger partial charge in [-0.2, -0.15) is 0 Å². The molecule has 0 aliphatic carbocycles.